The van der Waals surface area contributed by atoms with Crippen molar-refractivity contribution in [3.8, 4) is 17.1 Å². The molecule has 4 rings (SSSR count). The van der Waals surface area contributed by atoms with Crippen LogP contribution in [0.2, 0.25) is 5.02 Å². The minimum Gasteiger partial charge on any atom is -0.461 e. The molecule has 0 fully saturated rings. The van der Waals surface area contributed by atoms with E-state index in [1.807, 2.05) is 13.8 Å². The van der Waals surface area contributed by atoms with Crippen molar-refractivity contribution in [2.75, 3.05) is 6.61 Å². The zero-order chi connectivity index (χ0) is 28.0. The van der Waals surface area contributed by atoms with Crippen LogP contribution in [0.25, 0.3) is 17.1 Å². The van der Waals surface area contributed by atoms with Crippen LogP contribution in [-0.2, 0) is 17.3 Å². The molecule has 0 bridgehead atoms. The standard InChI is InChI=1S/C21H19F3N2O2.C8H8ClF/c1-4-28-20(27)17-6-5-7-19(25-17)26-14(3)9-11-18(26)16-12-15(21(22,23)24)10-8-13(16)2;1-2-6-3-4-7(9)5-8(6)10/h5-12H,4H2,1-3H3;3-5H,2H2,1H3. The van der Waals surface area contributed by atoms with Crippen molar-refractivity contribution in [1.82, 2.24) is 9.55 Å². The van der Waals surface area contributed by atoms with Crippen molar-refractivity contribution in [3.05, 3.63) is 106 Å². The Bertz CT molecular complexity index is 1430. The van der Waals surface area contributed by atoms with Gasteiger partial charge < -0.3 is 4.74 Å². The normalized spacial score (nSPS) is 11.1. The number of nitrogens with zero attached hydrogens (tertiary/aromatic N) is 2. The van der Waals surface area contributed by atoms with Gasteiger partial charge in [-0.2, -0.15) is 13.2 Å². The molecule has 0 saturated heterocycles. The molecule has 0 spiro atoms. The highest BCUT2D eigenvalue weighted by molar-refractivity contribution is 6.30. The first-order valence-electron chi connectivity index (χ1n) is 11.9. The fraction of sp³-hybridized carbons (Fsp3) is 0.241. The van der Waals surface area contributed by atoms with E-state index in [0.717, 1.165) is 17.8 Å². The van der Waals surface area contributed by atoms with E-state index in [0.29, 0.717) is 39.6 Å². The van der Waals surface area contributed by atoms with E-state index < -0.39 is 17.7 Å². The second-order valence-electron chi connectivity index (χ2n) is 8.41. The number of hydrogen-bond acceptors (Lipinski definition) is 3. The van der Waals surface area contributed by atoms with E-state index in [1.165, 1.54) is 18.2 Å². The second-order valence-corrected chi connectivity index (χ2v) is 8.85. The number of aryl methyl sites for hydroxylation is 3. The van der Waals surface area contributed by atoms with E-state index in [9.17, 15) is 22.4 Å². The first kappa shape index (κ1) is 28.9. The molecule has 0 amide bonds. The predicted octanol–water partition coefficient (Wildman–Crippen LogP) is 8.39. The Morgan fingerprint density at radius 1 is 1.00 bits per heavy atom. The molecular weight excluding hydrogens is 520 g/mol. The molecule has 9 heteroatoms. The van der Waals surface area contributed by atoms with Crippen molar-refractivity contribution < 1.29 is 27.1 Å². The summed E-state index contributed by atoms with van der Waals surface area (Å²) in [4.78, 5) is 16.3. The molecule has 38 heavy (non-hydrogen) atoms. The van der Waals surface area contributed by atoms with Gasteiger partial charge in [-0.3, -0.25) is 4.57 Å². The molecule has 0 saturated carbocycles. The van der Waals surface area contributed by atoms with Crippen LogP contribution in [0.1, 0.15) is 46.7 Å². The highest BCUT2D eigenvalue weighted by Gasteiger charge is 2.31. The van der Waals surface area contributed by atoms with Gasteiger partial charge in [0.2, 0.25) is 0 Å². The Kier molecular flexibility index (Phi) is 9.33. The SMILES string of the molecule is CCOC(=O)c1cccc(-n2c(C)ccc2-c2cc(C(F)(F)F)ccc2C)n1.CCc1ccc(Cl)cc1F. The molecule has 0 aliphatic carbocycles. The maximum Gasteiger partial charge on any atom is 0.416 e. The fourth-order valence-electron chi connectivity index (χ4n) is 3.80. The highest BCUT2D eigenvalue weighted by Crippen LogP contribution is 2.35. The van der Waals surface area contributed by atoms with Crippen molar-refractivity contribution in [2.24, 2.45) is 0 Å². The quantitative estimate of drug-likeness (QED) is 0.186. The van der Waals surface area contributed by atoms with Crippen LogP contribution in [0.3, 0.4) is 0 Å². The smallest absolute Gasteiger partial charge is 0.416 e. The number of carbonyl (C=O) groups is 1. The van der Waals surface area contributed by atoms with E-state index in [-0.39, 0.29) is 18.1 Å². The Balaban J connectivity index is 0.000000336. The zero-order valence-corrected chi connectivity index (χ0v) is 22.1. The van der Waals surface area contributed by atoms with Gasteiger partial charge in [0.05, 0.1) is 17.9 Å². The number of hydrogen-bond donors (Lipinski definition) is 0. The van der Waals surface area contributed by atoms with Crippen molar-refractivity contribution in [3.63, 3.8) is 0 Å². The van der Waals surface area contributed by atoms with Gasteiger partial charge in [0.15, 0.2) is 5.69 Å². The summed E-state index contributed by atoms with van der Waals surface area (Å²) in [6, 6.07) is 16.8. The maximum absolute atomic E-state index is 13.2. The fourth-order valence-corrected chi connectivity index (χ4v) is 3.96. The van der Waals surface area contributed by atoms with Crippen LogP contribution < -0.4 is 0 Å². The van der Waals surface area contributed by atoms with Crippen molar-refractivity contribution in [1.29, 1.82) is 0 Å². The van der Waals surface area contributed by atoms with Crippen LogP contribution in [-0.4, -0.2) is 22.1 Å². The topological polar surface area (TPSA) is 44.1 Å². The summed E-state index contributed by atoms with van der Waals surface area (Å²) in [5, 5.41) is 0.453. The molecule has 0 atom stereocenters. The van der Waals surface area contributed by atoms with Gasteiger partial charge in [-0.05, 0) is 86.8 Å². The summed E-state index contributed by atoms with van der Waals surface area (Å²) in [5.41, 5.74) is 2.63. The van der Waals surface area contributed by atoms with Gasteiger partial charge in [0, 0.05) is 16.3 Å². The molecule has 4 nitrogen and oxygen atoms in total. The van der Waals surface area contributed by atoms with Crippen LogP contribution in [0.15, 0.2) is 66.7 Å². The van der Waals surface area contributed by atoms with E-state index in [1.54, 1.807) is 54.8 Å². The molecule has 2 aromatic carbocycles. The second kappa shape index (κ2) is 12.3. The summed E-state index contributed by atoms with van der Waals surface area (Å²) in [7, 11) is 0. The molecule has 4 aromatic rings. The average molecular weight is 547 g/mol. The molecule has 0 aliphatic rings. The molecule has 2 aromatic heterocycles. The summed E-state index contributed by atoms with van der Waals surface area (Å²) in [6.07, 6.45) is -3.72. The molecule has 0 radical (unpaired) electrons. The number of esters is 1. The molecule has 0 N–H and O–H groups in total. The number of pyridine rings is 1. The molecular formula is C29H27ClF4N2O2. The summed E-state index contributed by atoms with van der Waals surface area (Å²) in [5.74, 6) is -0.333. The number of alkyl halides is 3. The number of rotatable bonds is 5. The first-order chi connectivity index (χ1) is 18.0. The van der Waals surface area contributed by atoms with E-state index in [2.05, 4.69) is 4.98 Å². The lowest BCUT2D eigenvalue weighted by Gasteiger charge is -2.15. The third kappa shape index (κ3) is 6.81. The third-order valence-corrected chi connectivity index (χ3v) is 6.00. The van der Waals surface area contributed by atoms with E-state index in [4.69, 9.17) is 16.3 Å². The lowest BCUT2D eigenvalue weighted by Crippen LogP contribution is -2.10. The van der Waals surface area contributed by atoms with Gasteiger partial charge in [0.25, 0.3) is 0 Å². The number of aromatic nitrogens is 2. The minimum atomic E-state index is -4.43. The Labute approximate surface area is 223 Å². The maximum atomic E-state index is 13.2. The first-order valence-corrected chi connectivity index (χ1v) is 12.3. The Morgan fingerprint density at radius 2 is 1.74 bits per heavy atom. The monoisotopic (exact) mass is 546 g/mol. The predicted molar refractivity (Wildman–Crippen MR) is 140 cm³/mol. The van der Waals surface area contributed by atoms with Crippen LogP contribution in [0.5, 0.6) is 0 Å². The summed E-state index contributed by atoms with van der Waals surface area (Å²) < 4.78 is 59.0. The van der Waals surface area contributed by atoms with E-state index >= 15 is 0 Å². The largest absolute Gasteiger partial charge is 0.461 e. The summed E-state index contributed by atoms with van der Waals surface area (Å²) in [6.45, 7) is 7.41. The van der Waals surface area contributed by atoms with Gasteiger partial charge in [-0.1, -0.05) is 36.7 Å². The molecule has 0 aliphatic heterocycles. The highest BCUT2D eigenvalue weighted by atomic mass is 35.5. The molecule has 0 unspecified atom stereocenters. The zero-order valence-electron chi connectivity index (χ0n) is 21.4. The molecule has 200 valence electrons. The average Bonchev–Trinajstić information content (AvgIpc) is 3.25. The van der Waals surface area contributed by atoms with Gasteiger partial charge in [0.1, 0.15) is 11.6 Å². The van der Waals surface area contributed by atoms with Crippen molar-refractivity contribution >= 4 is 17.6 Å². The van der Waals surface area contributed by atoms with Crippen LogP contribution in [0, 0.1) is 19.7 Å². The van der Waals surface area contributed by atoms with Gasteiger partial charge >= 0.3 is 12.1 Å². The van der Waals surface area contributed by atoms with Crippen LogP contribution in [0.4, 0.5) is 17.6 Å². The third-order valence-electron chi connectivity index (χ3n) is 5.76. The van der Waals surface area contributed by atoms with Gasteiger partial charge in [-0.25, -0.2) is 14.2 Å². The van der Waals surface area contributed by atoms with Gasteiger partial charge in [-0.15, -0.1) is 0 Å². The lowest BCUT2D eigenvalue weighted by molar-refractivity contribution is -0.137. The number of carbonyl (C=O) groups excluding carboxylic acids is 1. The Morgan fingerprint density at radius 3 is 2.37 bits per heavy atom. The summed E-state index contributed by atoms with van der Waals surface area (Å²) >= 11 is 5.53. The Hall–Kier alpha value is -3.65. The lowest BCUT2D eigenvalue weighted by atomic mass is 10.0. The number of halogens is 5. The van der Waals surface area contributed by atoms with Crippen molar-refractivity contribution in [2.45, 2.75) is 40.3 Å². The number of benzene rings is 2. The number of ether oxygens (including phenoxy) is 1. The minimum absolute atomic E-state index is 0.138. The molecule has 2 heterocycles. The van der Waals surface area contributed by atoms with Crippen LogP contribution >= 0.6 is 11.6 Å².